The summed E-state index contributed by atoms with van der Waals surface area (Å²) in [4.78, 5) is 23.9. The van der Waals surface area contributed by atoms with Crippen molar-refractivity contribution >= 4 is 11.8 Å². The fraction of sp³-hybridized carbons (Fsp3) is 0.579. The van der Waals surface area contributed by atoms with Gasteiger partial charge >= 0.3 is 0 Å². The van der Waals surface area contributed by atoms with Gasteiger partial charge in [0.1, 0.15) is 6.04 Å². The average Bonchev–Trinajstić information content (AvgIpc) is 2.45. The predicted molar refractivity (Wildman–Crippen MR) is 94.0 cm³/mol. The molecule has 0 aliphatic heterocycles. The quantitative estimate of drug-likeness (QED) is 0.773. The van der Waals surface area contributed by atoms with Gasteiger partial charge in [-0.05, 0) is 42.7 Å². The molecule has 4 heteroatoms. The molecule has 3 N–H and O–H groups in total. The molecular weight excluding hydrogens is 288 g/mol. The van der Waals surface area contributed by atoms with E-state index in [0.717, 1.165) is 12.0 Å². The minimum atomic E-state index is -0.606. The van der Waals surface area contributed by atoms with Gasteiger partial charge in [-0.1, -0.05) is 52.0 Å². The molecule has 128 valence electrons. The summed E-state index contributed by atoms with van der Waals surface area (Å²) in [6.07, 6.45) is 1.58. The van der Waals surface area contributed by atoms with E-state index >= 15 is 0 Å². The third-order valence-corrected chi connectivity index (χ3v) is 3.88. The van der Waals surface area contributed by atoms with Gasteiger partial charge in [-0.15, -0.1) is 0 Å². The molecule has 0 radical (unpaired) electrons. The summed E-state index contributed by atoms with van der Waals surface area (Å²) in [7, 11) is 0. The van der Waals surface area contributed by atoms with Crippen LogP contribution >= 0.6 is 0 Å². The predicted octanol–water partition coefficient (Wildman–Crippen LogP) is 3.00. The van der Waals surface area contributed by atoms with Crippen molar-refractivity contribution in [2.45, 2.75) is 59.4 Å². The molecule has 0 fully saturated rings. The number of carbonyl (C=O) groups excluding carboxylic acids is 2. The second-order valence-corrected chi connectivity index (χ2v) is 7.15. The Balaban J connectivity index is 2.73. The first-order chi connectivity index (χ1) is 10.7. The van der Waals surface area contributed by atoms with Crippen molar-refractivity contribution in [2.24, 2.45) is 17.6 Å². The molecule has 1 aromatic carbocycles. The zero-order valence-corrected chi connectivity index (χ0v) is 14.9. The van der Waals surface area contributed by atoms with E-state index in [1.54, 1.807) is 0 Å². The number of rotatable bonds is 8. The zero-order chi connectivity index (χ0) is 17.6. The van der Waals surface area contributed by atoms with Gasteiger partial charge in [-0.25, -0.2) is 0 Å². The second kappa shape index (κ2) is 8.70. The van der Waals surface area contributed by atoms with Crippen molar-refractivity contribution < 1.29 is 9.59 Å². The summed E-state index contributed by atoms with van der Waals surface area (Å²) in [5.41, 5.74) is 7.60. The van der Waals surface area contributed by atoms with Gasteiger partial charge < -0.3 is 11.1 Å². The number of primary amides is 1. The van der Waals surface area contributed by atoms with Gasteiger partial charge in [0.15, 0.2) is 0 Å². The highest BCUT2D eigenvalue weighted by atomic mass is 16.2. The van der Waals surface area contributed by atoms with Crippen molar-refractivity contribution in [3.63, 3.8) is 0 Å². The number of nitrogens with one attached hydrogen (secondary N) is 1. The van der Waals surface area contributed by atoms with Gasteiger partial charge in [0.2, 0.25) is 11.8 Å². The van der Waals surface area contributed by atoms with E-state index in [4.69, 9.17) is 5.73 Å². The van der Waals surface area contributed by atoms with Gasteiger partial charge in [-0.3, -0.25) is 9.59 Å². The third kappa shape index (κ3) is 6.43. The monoisotopic (exact) mass is 318 g/mol. The van der Waals surface area contributed by atoms with Crippen LogP contribution in [0.2, 0.25) is 0 Å². The number of hydrogen-bond acceptors (Lipinski definition) is 2. The maximum Gasteiger partial charge on any atom is 0.240 e. The summed E-state index contributed by atoms with van der Waals surface area (Å²) >= 11 is 0. The van der Waals surface area contributed by atoms with Crippen LogP contribution < -0.4 is 11.1 Å². The molecule has 2 amide bonds. The maximum atomic E-state index is 12.4. The van der Waals surface area contributed by atoms with Crippen molar-refractivity contribution in [3.05, 3.63) is 35.4 Å². The number of nitrogens with two attached hydrogens (primary N) is 1. The summed E-state index contributed by atoms with van der Waals surface area (Å²) in [5, 5.41) is 2.78. The Morgan fingerprint density at radius 2 is 1.57 bits per heavy atom. The van der Waals surface area contributed by atoms with E-state index in [0.29, 0.717) is 18.3 Å². The van der Waals surface area contributed by atoms with Crippen LogP contribution in [-0.2, 0) is 16.0 Å². The van der Waals surface area contributed by atoms with Gasteiger partial charge in [0, 0.05) is 0 Å². The Labute approximate surface area is 139 Å². The Kier molecular flexibility index (Phi) is 7.27. The normalized spacial score (nSPS) is 13.9. The SMILES string of the molecule is CC(C)Cc1ccc([C@@H](C)C(=O)N[C@H](CC(C)C)C(N)=O)cc1. The number of hydrogen-bond donors (Lipinski definition) is 2. The zero-order valence-electron chi connectivity index (χ0n) is 14.9. The summed E-state index contributed by atoms with van der Waals surface area (Å²) in [6, 6.07) is 7.51. The van der Waals surface area contributed by atoms with Crippen LogP contribution in [0.1, 0.15) is 58.1 Å². The summed E-state index contributed by atoms with van der Waals surface area (Å²) in [6.45, 7) is 10.2. The van der Waals surface area contributed by atoms with Crippen molar-refractivity contribution in [2.75, 3.05) is 0 Å². The summed E-state index contributed by atoms with van der Waals surface area (Å²) in [5.74, 6) is -0.0537. The average molecular weight is 318 g/mol. The van der Waals surface area contributed by atoms with Crippen molar-refractivity contribution in [1.29, 1.82) is 0 Å². The Hall–Kier alpha value is -1.84. The first-order valence-corrected chi connectivity index (χ1v) is 8.39. The lowest BCUT2D eigenvalue weighted by Gasteiger charge is -2.20. The molecule has 0 aliphatic rings. The molecule has 4 nitrogen and oxygen atoms in total. The highest BCUT2D eigenvalue weighted by molar-refractivity contribution is 5.89. The molecule has 0 bridgehead atoms. The number of amides is 2. The Morgan fingerprint density at radius 3 is 2.00 bits per heavy atom. The molecule has 0 aromatic heterocycles. The third-order valence-electron chi connectivity index (χ3n) is 3.88. The van der Waals surface area contributed by atoms with Crippen molar-refractivity contribution in [1.82, 2.24) is 5.32 Å². The van der Waals surface area contributed by atoms with Crippen LogP contribution in [0.5, 0.6) is 0 Å². The highest BCUT2D eigenvalue weighted by Crippen LogP contribution is 2.18. The van der Waals surface area contributed by atoms with Crippen molar-refractivity contribution in [3.8, 4) is 0 Å². The molecule has 2 atom stereocenters. The summed E-state index contributed by atoms with van der Waals surface area (Å²) < 4.78 is 0. The molecule has 23 heavy (non-hydrogen) atoms. The number of carbonyl (C=O) groups is 2. The molecule has 0 saturated carbocycles. The smallest absolute Gasteiger partial charge is 0.240 e. The lowest BCUT2D eigenvalue weighted by Crippen LogP contribution is -2.46. The largest absolute Gasteiger partial charge is 0.368 e. The maximum absolute atomic E-state index is 12.4. The fourth-order valence-electron chi connectivity index (χ4n) is 2.58. The molecule has 0 spiro atoms. The molecular formula is C19H30N2O2. The van der Waals surface area contributed by atoms with Crippen LogP contribution in [0.25, 0.3) is 0 Å². The lowest BCUT2D eigenvalue weighted by atomic mass is 9.95. The van der Waals surface area contributed by atoms with Crippen LogP contribution in [0, 0.1) is 11.8 Å². The van der Waals surface area contributed by atoms with E-state index in [1.165, 1.54) is 5.56 Å². The van der Waals surface area contributed by atoms with Gasteiger partial charge in [0.25, 0.3) is 0 Å². The molecule has 0 aliphatic carbocycles. The number of benzene rings is 1. The highest BCUT2D eigenvalue weighted by Gasteiger charge is 2.23. The van der Waals surface area contributed by atoms with Gasteiger partial charge in [-0.2, -0.15) is 0 Å². The topological polar surface area (TPSA) is 72.2 Å². The van der Waals surface area contributed by atoms with E-state index in [2.05, 4.69) is 31.3 Å². The molecule has 0 saturated heterocycles. The van der Waals surface area contributed by atoms with E-state index < -0.39 is 11.9 Å². The first-order valence-electron chi connectivity index (χ1n) is 8.39. The second-order valence-electron chi connectivity index (χ2n) is 7.15. The molecule has 1 rings (SSSR count). The molecule has 0 heterocycles. The van der Waals surface area contributed by atoms with Crippen LogP contribution in [0.3, 0.4) is 0 Å². The Morgan fingerprint density at radius 1 is 1.00 bits per heavy atom. The fourth-order valence-corrected chi connectivity index (χ4v) is 2.58. The minimum Gasteiger partial charge on any atom is -0.368 e. The van der Waals surface area contributed by atoms with Gasteiger partial charge in [0.05, 0.1) is 5.92 Å². The first kappa shape index (κ1) is 19.2. The molecule has 0 unspecified atom stereocenters. The lowest BCUT2D eigenvalue weighted by molar-refractivity contribution is -0.128. The standard InChI is InChI=1S/C19H30N2O2/c1-12(2)10-15-6-8-16(9-7-15)14(5)19(23)21-17(18(20)22)11-13(3)4/h6-9,12-14,17H,10-11H2,1-5H3,(H2,20,22)(H,21,23)/t14-,17-/m1/s1. The van der Waals surface area contributed by atoms with E-state index in [1.807, 2.05) is 32.9 Å². The van der Waals surface area contributed by atoms with Crippen LogP contribution in [0.15, 0.2) is 24.3 Å². The van der Waals surface area contributed by atoms with Crippen LogP contribution in [-0.4, -0.2) is 17.9 Å². The van der Waals surface area contributed by atoms with E-state index in [9.17, 15) is 9.59 Å². The van der Waals surface area contributed by atoms with E-state index in [-0.39, 0.29) is 11.8 Å². The Bertz CT molecular complexity index is 521. The van der Waals surface area contributed by atoms with Crippen LogP contribution in [0.4, 0.5) is 0 Å². The minimum absolute atomic E-state index is 0.161. The molecule has 1 aromatic rings.